The Morgan fingerprint density at radius 1 is 1.38 bits per heavy atom. The molecule has 1 aliphatic heterocycles. The molecule has 9 heteroatoms. The number of rotatable bonds is 4. The predicted molar refractivity (Wildman–Crippen MR) is 74.6 cm³/mol. The molecule has 2 heterocycles. The molecule has 0 saturated heterocycles. The van der Waals surface area contributed by atoms with Crippen LogP contribution in [0.15, 0.2) is 28.0 Å². The van der Waals surface area contributed by atoms with E-state index < -0.39 is 21.8 Å². The summed E-state index contributed by atoms with van der Waals surface area (Å²) in [5.74, 6) is 0. The molecule has 0 aromatic carbocycles. The van der Waals surface area contributed by atoms with Crippen molar-refractivity contribution in [3.05, 3.63) is 28.7 Å². The summed E-state index contributed by atoms with van der Waals surface area (Å²) in [4.78, 5) is 0.861. The van der Waals surface area contributed by atoms with Crippen LogP contribution in [0.5, 0.6) is 0 Å². The summed E-state index contributed by atoms with van der Waals surface area (Å²) in [6, 6.07) is 3.20. The quantitative estimate of drug-likeness (QED) is 0.856. The first-order valence-electron chi connectivity index (χ1n) is 6.25. The van der Waals surface area contributed by atoms with Crippen LogP contribution in [0.1, 0.15) is 11.3 Å². The third-order valence-electron chi connectivity index (χ3n) is 3.12. The maximum atomic E-state index is 12.5. The van der Waals surface area contributed by atoms with Gasteiger partial charge in [0, 0.05) is 30.1 Å². The van der Waals surface area contributed by atoms with E-state index >= 15 is 0 Å². The Hall–Kier alpha value is -0.900. The second-order valence-corrected chi connectivity index (χ2v) is 7.92. The Bertz CT molecular complexity index is 635. The molecule has 1 aromatic rings. The molecule has 0 atom stereocenters. The Kier molecular flexibility index (Phi) is 4.76. The molecule has 21 heavy (non-hydrogen) atoms. The van der Waals surface area contributed by atoms with Gasteiger partial charge in [-0.2, -0.15) is 17.5 Å². The predicted octanol–water partition coefficient (Wildman–Crippen LogP) is 2.35. The zero-order valence-corrected chi connectivity index (χ0v) is 12.9. The number of alkyl halides is 3. The topological polar surface area (TPSA) is 49.4 Å². The van der Waals surface area contributed by atoms with E-state index in [0.717, 1.165) is 26.6 Å². The molecular weight excluding hydrogens is 325 g/mol. The summed E-state index contributed by atoms with van der Waals surface area (Å²) >= 11 is 1.13. The van der Waals surface area contributed by atoms with Crippen LogP contribution in [-0.2, 0) is 16.6 Å². The van der Waals surface area contributed by atoms with Crippen molar-refractivity contribution in [1.82, 2.24) is 9.62 Å². The molecule has 118 valence electrons. The van der Waals surface area contributed by atoms with Crippen molar-refractivity contribution in [3.63, 3.8) is 0 Å². The van der Waals surface area contributed by atoms with Gasteiger partial charge < -0.3 is 5.32 Å². The van der Waals surface area contributed by atoms with E-state index in [1.165, 1.54) is 6.07 Å². The van der Waals surface area contributed by atoms with Crippen molar-refractivity contribution < 1.29 is 21.6 Å². The molecule has 0 aliphatic carbocycles. The minimum absolute atomic E-state index is 0.146. The van der Waals surface area contributed by atoms with Crippen molar-refractivity contribution >= 4 is 21.4 Å². The fraction of sp³-hybridized carbons (Fsp3) is 0.500. The minimum atomic E-state index is -4.38. The van der Waals surface area contributed by atoms with Crippen molar-refractivity contribution in [2.45, 2.75) is 23.4 Å². The lowest BCUT2D eigenvalue weighted by molar-refractivity contribution is -0.0953. The average Bonchev–Trinajstić information content (AvgIpc) is 2.88. The second-order valence-electron chi connectivity index (χ2n) is 4.59. The molecule has 0 unspecified atom stereocenters. The van der Waals surface area contributed by atoms with Crippen LogP contribution in [0.2, 0.25) is 0 Å². The molecule has 0 saturated carbocycles. The van der Waals surface area contributed by atoms with Gasteiger partial charge in [0.1, 0.15) is 4.21 Å². The average molecular weight is 340 g/mol. The zero-order chi connectivity index (χ0) is 15.7. The summed E-state index contributed by atoms with van der Waals surface area (Å²) in [6.45, 7) is 0.168. The number of halogens is 3. The van der Waals surface area contributed by atoms with Gasteiger partial charge in [-0.25, -0.2) is 8.42 Å². The van der Waals surface area contributed by atoms with Crippen LogP contribution in [-0.4, -0.2) is 39.0 Å². The SMILES string of the molecule is CNCc1ccc(S(=O)(=O)N2CC=C(C(F)(F)F)CC2)s1. The van der Waals surface area contributed by atoms with Gasteiger partial charge in [-0.05, 0) is 25.6 Å². The third-order valence-corrected chi connectivity index (χ3v) is 6.54. The first-order chi connectivity index (χ1) is 9.75. The van der Waals surface area contributed by atoms with E-state index in [-0.39, 0.29) is 23.7 Å². The Morgan fingerprint density at radius 3 is 2.62 bits per heavy atom. The lowest BCUT2D eigenvalue weighted by atomic mass is 10.1. The van der Waals surface area contributed by atoms with Crippen molar-refractivity contribution in [3.8, 4) is 0 Å². The van der Waals surface area contributed by atoms with Gasteiger partial charge in [0.05, 0.1) is 0 Å². The summed E-state index contributed by atoms with van der Waals surface area (Å²) < 4.78 is 63.6. The Morgan fingerprint density at radius 2 is 2.10 bits per heavy atom. The van der Waals surface area contributed by atoms with Crippen molar-refractivity contribution in [1.29, 1.82) is 0 Å². The first-order valence-corrected chi connectivity index (χ1v) is 8.50. The fourth-order valence-corrected chi connectivity index (χ4v) is 4.92. The summed E-state index contributed by atoms with van der Waals surface area (Å²) in [7, 11) is -1.96. The van der Waals surface area contributed by atoms with E-state index in [4.69, 9.17) is 0 Å². The molecular formula is C12H15F3N2O2S2. The van der Waals surface area contributed by atoms with E-state index in [1.54, 1.807) is 13.1 Å². The number of thiophene rings is 1. The summed E-state index contributed by atoms with van der Waals surface area (Å²) in [5, 5.41) is 2.92. The van der Waals surface area contributed by atoms with E-state index in [2.05, 4.69) is 5.32 Å². The zero-order valence-electron chi connectivity index (χ0n) is 11.3. The number of hydrogen-bond acceptors (Lipinski definition) is 4. The summed E-state index contributed by atoms with van der Waals surface area (Å²) in [5.41, 5.74) is -0.656. The normalized spacial score (nSPS) is 17.8. The van der Waals surface area contributed by atoms with E-state index in [0.29, 0.717) is 6.54 Å². The molecule has 1 aromatic heterocycles. The van der Waals surface area contributed by atoms with Gasteiger partial charge in [0.25, 0.3) is 10.0 Å². The van der Waals surface area contributed by atoms with E-state index in [1.807, 2.05) is 0 Å². The first kappa shape index (κ1) is 16.5. The monoisotopic (exact) mass is 340 g/mol. The highest BCUT2D eigenvalue weighted by Crippen LogP contribution is 2.32. The van der Waals surface area contributed by atoms with Gasteiger partial charge >= 0.3 is 6.18 Å². The molecule has 0 amide bonds. The standard InChI is InChI=1S/C12H15F3N2O2S2/c1-16-8-10-2-3-11(20-10)21(18,19)17-6-4-9(5-7-17)12(13,14)15/h2-4,16H,5-8H2,1H3. The molecule has 0 radical (unpaired) electrons. The Labute approximate surface area is 125 Å². The van der Waals surface area contributed by atoms with Crippen LogP contribution < -0.4 is 5.32 Å². The van der Waals surface area contributed by atoms with Crippen LogP contribution in [0.4, 0.5) is 13.2 Å². The Balaban J connectivity index is 2.16. The number of hydrogen-bond donors (Lipinski definition) is 1. The maximum absolute atomic E-state index is 12.5. The van der Waals surface area contributed by atoms with Crippen LogP contribution in [0.25, 0.3) is 0 Å². The maximum Gasteiger partial charge on any atom is 0.412 e. The van der Waals surface area contributed by atoms with Gasteiger partial charge in [0.2, 0.25) is 0 Å². The lowest BCUT2D eigenvalue weighted by Crippen LogP contribution is -2.36. The van der Waals surface area contributed by atoms with Gasteiger partial charge in [-0.1, -0.05) is 6.08 Å². The highest BCUT2D eigenvalue weighted by molar-refractivity contribution is 7.91. The minimum Gasteiger partial charge on any atom is -0.315 e. The molecule has 0 fully saturated rings. The molecule has 0 spiro atoms. The molecule has 2 rings (SSSR count). The highest BCUT2D eigenvalue weighted by Gasteiger charge is 2.37. The van der Waals surface area contributed by atoms with Gasteiger partial charge in [-0.3, -0.25) is 0 Å². The number of nitrogens with one attached hydrogen (secondary N) is 1. The lowest BCUT2D eigenvalue weighted by Gasteiger charge is -2.26. The molecule has 4 nitrogen and oxygen atoms in total. The van der Waals surface area contributed by atoms with Crippen molar-refractivity contribution in [2.24, 2.45) is 0 Å². The molecule has 1 N–H and O–H groups in total. The number of sulfonamides is 1. The molecule has 1 aliphatic rings. The summed E-state index contributed by atoms with van der Waals surface area (Å²) in [6.07, 6.45) is -3.74. The van der Waals surface area contributed by atoms with Gasteiger partial charge in [-0.15, -0.1) is 11.3 Å². The van der Waals surface area contributed by atoms with Crippen molar-refractivity contribution in [2.75, 3.05) is 20.1 Å². The van der Waals surface area contributed by atoms with Gasteiger partial charge in [0.15, 0.2) is 0 Å². The molecule has 0 bridgehead atoms. The third kappa shape index (κ3) is 3.65. The fourth-order valence-electron chi connectivity index (χ4n) is 2.02. The van der Waals surface area contributed by atoms with Crippen LogP contribution in [0.3, 0.4) is 0 Å². The largest absolute Gasteiger partial charge is 0.412 e. The second kappa shape index (κ2) is 6.07. The van der Waals surface area contributed by atoms with Crippen LogP contribution >= 0.6 is 11.3 Å². The smallest absolute Gasteiger partial charge is 0.315 e. The van der Waals surface area contributed by atoms with E-state index in [9.17, 15) is 21.6 Å². The van der Waals surface area contributed by atoms with Crippen LogP contribution in [0, 0.1) is 0 Å². The number of nitrogens with zero attached hydrogens (tertiary/aromatic N) is 1. The highest BCUT2D eigenvalue weighted by atomic mass is 32.2.